The molecule has 1 heteroatoms. The average molecular weight is 243 g/mol. The zero-order valence-corrected chi connectivity index (χ0v) is 9.75. The van der Waals surface area contributed by atoms with Crippen LogP contribution in [0.3, 0.4) is 0 Å². The van der Waals surface area contributed by atoms with Crippen LogP contribution >= 0.6 is 0 Å². The van der Waals surface area contributed by atoms with Crippen molar-refractivity contribution in [1.29, 1.82) is 0 Å². The van der Waals surface area contributed by atoms with Gasteiger partial charge in [-0.05, 0) is 0 Å². The fraction of sp³-hybridized carbons (Fsp3) is 1.00. The van der Waals surface area contributed by atoms with Crippen LogP contribution in [0.1, 0.15) is 65.2 Å². The van der Waals surface area contributed by atoms with Crippen LogP contribution in [0.2, 0.25) is 0 Å². The normalized spacial score (nSPS) is 9.27. The largest absolute Gasteiger partial charge is 0.0654 e. The molecule has 0 aliphatic heterocycles. The number of rotatable bonds is 7. The summed E-state index contributed by atoms with van der Waals surface area (Å²) in [6, 6.07) is 0. The van der Waals surface area contributed by atoms with Crippen molar-refractivity contribution in [2.75, 3.05) is 0 Å². The molecule has 0 aliphatic carbocycles. The van der Waals surface area contributed by atoms with Crippen LogP contribution < -0.4 is 0 Å². The second-order valence-electron chi connectivity index (χ2n) is 3.12. The minimum Gasteiger partial charge on any atom is -0.0654 e. The van der Waals surface area contributed by atoms with Crippen molar-refractivity contribution in [2.24, 2.45) is 0 Å². The third-order valence-corrected chi connectivity index (χ3v) is 1.96. The Labute approximate surface area is 84.9 Å². The average Bonchev–Trinajstić information content (AvgIpc) is 1.97. The summed E-state index contributed by atoms with van der Waals surface area (Å²) >= 11 is 0. The van der Waals surface area contributed by atoms with Gasteiger partial charge in [0.2, 0.25) is 0 Å². The summed E-state index contributed by atoms with van der Waals surface area (Å²) in [4.78, 5) is 0. The Morgan fingerprint density at radius 3 is 1.09 bits per heavy atom. The molecule has 0 rings (SSSR count). The first-order valence-corrected chi connectivity index (χ1v) is 4.91. The maximum Gasteiger partial charge on any atom is 0 e. The van der Waals surface area contributed by atoms with Crippen LogP contribution in [0.25, 0.3) is 0 Å². The summed E-state index contributed by atoms with van der Waals surface area (Å²) in [5, 5.41) is 0. The summed E-state index contributed by atoms with van der Waals surface area (Å²) in [5.74, 6) is 0. The van der Waals surface area contributed by atoms with Crippen molar-refractivity contribution >= 4 is 0 Å². The third kappa shape index (κ3) is 13.6. The Balaban J connectivity index is 0. The molecule has 0 bridgehead atoms. The summed E-state index contributed by atoms with van der Waals surface area (Å²) in [5.41, 5.74) is 0. The van der Waals surface area contributed by atoms with Crippen molar-refractivity contribution in [3.63, 3.8) is 0 Å². The van der Waals surface area contributed by atoms with E-state index in [1.165, 1.54) is 51.4 Å². The van der Waals surface area contributed by atoms with Gasteiger partial charge in [-0.1, -0.05) is 65.2 Å². The molecule has 0 saturated heterocycles. The quantitative estimate of drug-likeness (QED) is 0.465. The topological polar surface area (TPSA) is 0 Å². The van der Waals surface area contributed by atoms with Gasteiger partial charge in [0.15, 0.2) is 0 Å². The molecule has 0 aromatic rings. The van der Waals surface area contributed by atoms with Crippen LogP contribution in [-0.2, 0) is 19.5 Å². The monoisotopic (exact) mass is 244 g/mol. The van der Waals surface area contributed by atoms with Gasteiger partial charge in [-0.2, -0.15) is 0 Å². The molecule has 11 heavy (non-hydrogen) atoms. The zero-order valence-electron chi connectivity index (χ0n) is 8.01. The Hall–Kier alpha value is 0.623. The van der Waals surface area contributed by atoms with Crippen molar-refractivity contribution in [1.82, 2.24) is 0 Å². The first-order valence-electron chi connectivity index (χ1n) is 4.91. The summed E-state index contributed by atoms with van der Waals surface area (Å²) in [7, 11) is 0. The summed E-state index contributed by atoms with van der Waals surface area (Å²) < 4.78 is 0. The molecule has 0 saturated carbocycles. The minimum atomic E-state index is 0. The van der Waals surface area contributed by atoms with E-state index in [0.29, 0.717) is 0 Å². The Morgan fingerprint density at radius 1 is 0.545 bits per heavy atom. The van der Waals surface area contributed by atoms with E-state index in [1.807, 2.05) is 0 Å². The van der Waals surface area contributed by atoms with E-state index in [-0.39, 0.29) is 19.5 Å². The molecule has 0 atom stereocenters. The molecule has 70 valence electrons. The molecular formula is C10H22Ru. The van der Waals surface area contributed by atoms with Crippen molar-refractivity contribution < 1.29 is 19.5 Å². The van der Waals surface area contributed by atoms with Gasteiger partial charge >= 0.3 is 0 Å². The van der Waals surface area contributed by atoms with Crippen LogP contribution in [-0.4, -0.2) is 0 Å². The van der Waals surface area contributed by atoms with Gasteiger partial charge in [0.25, 0.3) is 0 Å². The van der Waals surface area contributed by atoms with Gasteiger partial charge in [-0.15, -0.1) is 0 Å². The Kier molecular flexibility index (Phi) is 17.0. The van der Waals surface area contributed by atoms with E-state index in [0.717, 1.165) is 0 Å². The van der Waals surface area contributed by atoms with Gasteiger partial charge in [0, 0.05) is 19.5 Å². The predicted octanol–water partition coefficient (Wildman–Crippen LogP) is 4.14. The number of unbranched alkanes of at least 4 members (excludes halogenated alkanes) is 7. The minimum absolute atomic E-state index is 0. The van der Waals surface area contributed by atoms with Crippen LogP contribution in [0, 0.1) is 0 Å². The smallest absolute Gasteiger partial charge is 0 e. The Bertz CT molecular complexity index is 44.8. The van der Waals surface area contributed by atoms with E-state index in [4.69, 9.17) is 0 Å². The van der Waals surface area contributed by atoms with E-state index in [9.17, 15) is 0 Å². The standard InChI is InChI=1S/C10H22.Ru/c1-3-5-7-9-10-8-6-4-2;/h3-10H2,1-2H3;. The molecule has 0 aromatic heterocycles. The van der Waals surface area contributed by atoms with Gasteiger partial charge in [0.1, 0.15) is 0 Å². The van der Waals surface area contributed by atoms with Gasteiger partial charge in [-0.3, -0.25) is 0 Å². The maximum atomic E-state index is 2.27. The predicted molar refractivity (Wildman–Crippen MR) is 48.3 cm³/mol. The molecule has 0 heterocycles. The molecule has 0 aliphatic rings. The molecule has 0 aromatic carbocycles. The molecule has 0 spiro atoms. The zero-order chi connectivity index (χ0) is 7.66. The summed E-state index contributed by atoms with van der Waals surface area (Å²) in [6.45, 7) is 4.54. The molecule has 0 N–H and O–H groups in total. The second-order valence-corrected chi connectivity index (χ2v) is 3.12. The fourth-order valence-corrected chi connectivity index (χ4v) is 1.21. The molecule has 0 nitrogen and oxygen atoms in total. The first kappa shape index (κ1) is 14.2. The molecular weight excluding hydrogens is 221 g/mol. The first-order chi connectivity index (χ1) is 4.91. The van der Waals surface area contributed by atoms with Gasteiger partial charge in [0.05, 0.1) is 0 Å². The van der Waals surface area contributed by atoms with Crippen LogP contribution in [0.4, 0.5) is 0 Å². The SMILES string of the molecule is CCCCCCCCCC.[Ru]. The maximum absolute atomic E-state index is 2.27. The number of hydrogen-bond acceptors (Lipinski definition) is 0. The Morgan fingerprint density at radius 2 is 0.818 bits per heavy atom. The third-order valence-electron chi connectivity index (χ3n) is 1.96. The van der Waals surface area contributed by atoms with Crippen LogP contribution in [0.5, 0.6) is 0 Å². The van der Waals surface area contributed by atoms with Crippen molar-refractivity contribution in [3.05, 3.63) is 0 Å². The van der Waals surface area contributed by atoms with E-state index < -0.39 is 0 Å². The second kappa shape index (κ2) is 13.2. The molecule has 0 radical (unpaired) electrons. The number of hydrogen-bond donors (Lipinski definition) is 0. The van der Waals surface area contributed by atoms with E-state index in [2.05, 4.69) is 13.8 Å². The van der Waals surface area contributed by atoms with Gasteiger partial charge < -0.3 is 0 Å². The van der Waals surface area contributed by atoms with Crippen LogP contribution in [0.15, 0.2) is 0 Å². The summed E-state index contributed by atoms with van der Waals surface area (Å²) in [6.07, 6.45) is 11.5. The van der Waals surface area contributed by atoms with Crippen molar-refractivity contribution in [2.45, 2.75) is 65.2 Å². The molecule has 0 amide bonds. The van der Waals surface area contributed by atoms with Crippen molar-refractivity contribution in [3.8, 4) is 0 Å². The fourth-order valence-electron chi connectivity index (χ4n) is 1.21. The molecule has 0 fully saturated rings. The molecule has 0 unspecified atom stereocenters. The van der Waals surface area contributed by atoms with E-state index in [1.54, 1.807) is 0 Å². The van der Waals surface area contributed by atoms with Gasteiger partial charge in [-0.25, -0.2) is 0 Å². The van der Waals surface area contributed by atoms with E-state index >= 15 is 0 Å².